The van der Waals surface area contributed by atoms with Crippen LogP contribution in [-0.4, -0.2) is 38.2 Å². The number of hydrogen-bond donors (Lipinski definition) is 1. The van der Waals surface area contributed by atoms with Gasteiger partial charge in [-0.1, -0.05) is 19.9 Å². The van der Waals surface area contributed by atoms with Crippen LogP contribution in [0.3, 0.4) is 0 Å². The van der Waals surface area contributed by atoms with E-state index in [-0.39, 0.29) is 12.5 Å². The maximum absolute atomic E-state index is 11.7. The number of carbonyl (C=O) groups is 2. The summed E-state index contributed by atoms with van der Waals surface area (Å²) in [6.07, 6.45) is 4.64. The normalized spacial score (nSPS) is 13.6. The minimum Gasteiger partial charge on any atom is -0.490 e. The van der Waals surface area contributed by atoms with Crippen molar-refractivity contribution in [2.24, 2.45) is 5.92 Å². The molecule has 0 saturated carbocycles. The second-order valence-corrected chi connectivity index (χ2v) is 6.23. The van der Waals surface area contributed by atoms with Crippen LogP contribution in [0.5, 0.6) is 11.5 Å². The van der Waals surface area contributed by atoms with Gasteiger partial charge in [-0.05, 0) is 36.1 Å². The Morgan fingerprint density at radius 3 is 2.76 bits per heavy atom. The molecule has 0 aliphatic carbocycles. The van der Waals surface area contributed by atoms with Crippen LogP contribution in [0.15, 0.2) is 24.3 Å². The summed E-state index contributed by atoms with van der Waals surface area (Å²) in [4.78, 5) is 23.3. The molecule has 1 amide bonds. The molecular formula is C19H25NO5. The van der Waals surface area contributed by atoms with Crippen molar-refractivity contribution in [2.75, 3.05) is 26.4 Å². The second-order valence-electron chi connectivity index (χ2n) is 6.23. The van der Waals surface area contributed by atoms with Gasteiger partial charge in [-0.2, -0.15) is 0 Å². The highest BCUT2D eigenvalue weighted by molar-refractivity contribution is 5.89. The Bertz CT molecular complexity index is 624. The Hall–Kier alpha value is -2.50. The van der Waals surface area contributed by atoms with Crippen molar-refractivity contribution in [3.05, 3.63) is 29.8 Å². The van der Waals surface area contributed by atoms with Crippen molar-refractivity contribution in [1.82, 2.24) is 5.32 Å². The number of hydrogen-bond acceptors (Lipinski definition) is 5. The van der Waals surface area contributed by atoms with Gasteiger partial charge >= 0.3 is 5.97 Å². The number of nitrogens with one attached hydrogen (secondary N) is 1. The summed E-state index contributed by atoms with van der Waals surface area (Å²) < 4.78 is 16.1. The lowest BCUT2D eigenvalue weighted by molar-refractivity contribution is -0.143. The van der Waals surface area contributed by atoms with Crippen molar-refractivity contribution < 1.29 is 23.8 Å². The van der Waals surface area contributed by atoms with E-state index in [4.69, 9.17) is 14.2 Å². The molecule has 0 saturated heterocycles. The first kappa shape index (κ1) is 18.8. The first-order chi connectivity index (χ1) is 12.0. The third-order valence-corrected chi connectivity index (χ3v) is 3.57. The fourth-order valence-electron chi connectivity index (χ4n) is 2.18. The highest BCUT2D eigenvalue weighted by Crippen LogP contribution is 2.30. The first-order valence-corrected chi connectivity index (χ1v) is 8.56. The zero-order valence-electron chi connectivity index (χ0n) is 14.7. The van der Waals surface area contributed by atoms with Crippen LogP contribution in [0, 0.1) is 5.92 Å². The molecule has 0 radical (unpaired) electrons. The minimum absolute atomic E-state index is 0.275. The molecule has 0 aromatic heterocycles. The van der Waals surface area contributed by atoms with Crippen LogP contribution < -0.4 is 14.8 Å². The Morgan fingerprint density at radius 1 is 1.24 bits per heavy atom. The van der Waals surface area contributed by atoms with E-state index in [1.165, 1.54) is 6.08 Å². The highest BCUT2D eigenvalue weighted by Gasteiger charge is 2.10. The van der Waals surface area contributed by atoms with E-state index in [9.17, 15) is 9.59 Å². The van der Waals surface area contributed by atoms with Gasteiger partial charge in [0.2, 0.25) is 0 Å². The summed E-state index contributed by atoms with van der Waals surface area (Å²) in [6, 6.07) is 5.45. The number of rotatable bonds is 7. The van der Waals surface area contributed by atoms with Crippen molar-refractivity contribution in [3.63, 3.8) is 0 Å². The van der Waals surface area contributed by atoms with Gasteiger partial charge in [0, 0.05) is 19.0 Å². The molecule has 0 bridgehead atoms. The average molecular weight is 347 g/mol. The Kier molecular flexibility index (Phi) is 7.32. The molecule has 25 heavy (non-hydrogen) atoms. The molecule has 0 spiro atoms. The van der Waals surface area contributed by atoms with Crippen molar-refractivity contribution >= 4 is 18.0 Å². The molecule has 6 nitrogen and oxygen atoms in total. The SMILES string of the molecule is CC(C)CCNC(=O)COC(=O)/C=C/c1ccc2c(c1)OCCCO2. The first-order valence-electron chi connectivity index (χ1n) is 8.56. The predicted octanol–water partition coefficient (Wildman–Crippen LogP) is 2.57. The molecular weight excluding hydrogens is 322 g/mol. The van der Waals surface area contributed by atoms with Crippen LogP contribution in [0.1, 0.15) is 32.3 Å². The monoisotopic (exact) mass is 347 g/mol. The Labute approximate surface area is 148 Å². The molecule has 1 aliphatic rings. The van der Waals surface area contributed by atoms with E-state index >= 15 is 0 Å². The van der Waals surface area contributed by atoms with E-state index < -0.39 is 5.97 Å². The number of fused-ring (bicyclic) bond motifs is 1. The van der Waals surface area contributed by atoms with Gasteiger partial charge in [-0.15, -0.1) is 0 Å². The number of esters is 1. The standard InChI is InChI=1S/C19H25NO5/c1-14(2)8-9-20-18(21)13-25-19(22)7-5-15-4-6-16-17(12-15)24-11-3-10-23-16/h4-7,12,14H,3,8-11,13H2,1-2H3,(H,20,21)/b7-5+. The van der Waals surface area contributed by atoms with E-state index in [1.807, 2.05) is 18.2 Å². The summed E-state index contributed by atoms with van der Waals surface area (Å²) in [7, 11) is 0. The van der Waals surface area contributed by atoms with Crippen molar-refractivity contribution in [2.45, 2.75) is 26.7 Å². The quantitative estimate of drug-likeness (QED) is 0.606. The summed E-state index contributed by atoms with van der Waals surface area (Å²) >= 11 is 0. The predicted molar refractivity (Wildman–Crippen MR) is 94.5 cm³/mol. The van der Waals surface area contributed by atoms with E-state index in [0.29, 0.717) is 37.2 Å². The van der Waals surface area contributed by atoms with Gasteiger partial charge in [-0.25, -0.2) is 4.79 Å². The molecule has 136 valence electrons. The fourth-order valence-corrected chi connectivity index (χ4v) is 2.18. The second kappa shape index (κ2) is 9.71. The number of amides is 1. The summed E-state index contributed by atoms with van der Waals surface area (Å²) in [5.74, 6) is 1.03. The lowest BCUT2D eigenvalue weighted by atomic mass is 10.1. The third kappa shape index (κ3) is 6.87. The lowest BCUT2D eigenvalue weighted by Gasteiger charge is -2.08. The zero-order valence-corrected chi connectivity index (χ0v) is 14.7. The molecule has 1 heterocycles. The molecule has 0 fully saturated rings. The van der Waals surface area contributed by atoms with Gasteiger partial charge in [-0.3, -0.25) is 4.79 Å². The lowest BCUT2D eigenvalue weighted by Crippen LogP contribution is -2.29. The van der Waals surface area contributed by atoms with Gasteiger partial charge in [0.05, 0.1) is 13.2 Å². The van der Waals surface area contributed by atoms with Gasteiger partial charge in [0.1, 0.15) is 0 Å². The molecule has 1 aromatic rings. The van der Waals surface area contributed by atoms with Gasteiger partial charge in [0.25, 0.3) is 5.91 Å². The van der Waals surface area contributed by atoms with Gasteiger partial charge in [0.15, 0.2) is 18.1 Å². The van der Waals surface area contributed by atoms with E-state index in [1.54, 1.807) is 6.08 Å². The fraction of sp³-hybridized carbons (Fsp3) is 0.474. The highest BCUT2D eigenvalue weighted by atomic mass is 16.5. The maximum atomic E-state index is 11.7. The third-order valence-electron chi connectivity index (χ3n) is 3.57. The van der Waals surface area contributed by atoms with Crippen LogP contribution >= 0.6 is 0 Å². The summed E-state index contributed by atoms with van der Waals surface area (Å²) in [5.41, 5.74) is 0.794. The van der Waals surface area contributed by atoms with Crippen LogP contribution in [0.2, 0.25) is 0 Å². The van der Waals surface area contributed by atoms with E-state index in [2.05, 4.69) is 19.2 Å². The summed E-state index contributed by atoms with van der Waals surface area (Å²) in [5, 5.41) is 2.71. The molecule has 1 aliphatic heterocycles. The average Bonchev–Trinajstić information content (AvgIpc) is 2.82. The topological polar surface area (TPSA) is 73.9 Å². The minimum atomic E-state index is -0.564. The molecule has 1 N–H and O–H groups in total. The zero-order chi connectivity index (χ0) is 18.1. The molecule has 2 rings (SSSR count). The van der Waals surface area contributed by atoms with Crippen LogP contribution in [0.25, 0.3) is 6.08 Å². The van der Waals surface area contributed by atoms with E-state index in [0.717, 1.165) is 18.4 Å². The van der Waals surface area contributed by atoms with Crippen molar-refractivity contribution in [3.8, 4) is 11.5 Å². The number of benzene rings is 1. The maximum Gasteiger partial charge on any atom is 0.331 e. The molecule has 6 heteroatoms. The Balaban J connectivity index is 1.78. The molecule has 0 unspecified atom stereocenters. The number of ether oxygens (including phenoxy) is 3. The molecule has 0 atom stereocenters. The van der Waals surface area contributed by atoms with Crippen LogP contribution in [0.4, 0.5) is 0 Å². The Morgan fingerprint density at radius 2 is 2.00 bits per heavy atom. The summed E-state index contributed by atoms with van der Waals surface area (Å²) in [6.45, 7) is 5.71. The van der Waals surface area contributed by atoms with Crippen LogP contribution in [-0.2, 0) is 14.3 Å². The van der Waals surface area contributed by atoms with Gasteiger partial charge < -0.3 is 19.5 Å². The number of carbonyl (C=O) groups excluding carboxylic acids is 2. The van der Waals surface area contributed by atoms with Crippen molar-refractivity contribution in [1.29, 1.82) is 0 Å². The molecule has 1 aromatic carbocycles. The smallest absolute Gasteiger partial charge is 0.331 e. The largest absolute Gasteiger partial charge is 0.490 e.